The molecule has 0 atom stereocenters. The molecule has 0 radical (unpaired) electrons. The van der Waals surface area contributed by atoms with Crippen molar-refractivity contribution in [3.63, 3.8) is 0 Å². The first kappa shape index (κ1) is 17.8. The zero-order chi connectivity index (χ0) is 20.8. The minimum absolute atomic E-state index is 0.0751. The molecule has 6 rings (SSSR count). The summed E-state index contributed by atoms with van der Waals surface area (Å²) in [7, 11) is 0. The molecule has 4 aromatic rings. The van der Waals surface area contributed by atoms with Crippen LogP contribution in [0.2, 0.25) is 0 Å². The Morgan fingerprint density at radius 3 is 2.84 bits per heavy atom. The first-order chi connectivity index (χ1) is 15.2. The molecule has 2 aliphatic rings. The number of carbonyl (C=O) groups excluding carboxylic acids is 1. The zero-order valence-electron chi connectivity index (χ0n) is 16.4. The van der Waals surface area contributed by atoms with Gasteiger partial charge in [0, 0.05) is 17.0 Å². The molecule has 0 spiro atoms. The maximum Gasteiger partial charge on any atom is 0.272 e. The number of amides is 1. The monoisotopic (exact) mass is 414 g/mol. The smallest absolute Gasteiger partial charge is 0.272 e. The fraction of sp³-hybridized carbons (Fsp3) is 0.174. The van der Waals surface area contributed by atoms with E-state index in [1.165, 1.54) is 0 Å². The van der Waals surface area contributed by atoms with Gasteiger partial charge in [-0.25, -0.2) is 4.98 Å². The van der Waals surface area contributed by atoms with Crippen LogP contribution in [0.3, 0.4) is 0 Å². The number of ether oxygens (including phenoxy) is 3. The lowest BCUT2D eigenvalue weighted by molar-refractivity contribution is 0.0157. The highest BCUT2D eigenvalue weighted by Gasteiger charge is 2.34. The Balaban J connectivity index is 1.10. The molecule has 0 saturated carbocycles. The number of fused-ring (bicyclic) bond motifs is 2. The second kappa shape index (κ2) is 7.02. The molecular formula is C23H18N4O4. The Morgan fingerprint density at radius 1 is 1.03 bits per heavy atom. The molecule has 1 amide bonds. The molecule has 1 saturated heterocycles. The molecule has 154 valence electrons. The van der Waals surface area contributed by atoms with Gasteiger partial charge in [0.1, 0.15) is 11.8 Å². The minimum Gasteiger partial charge on any atom is -0.471 e. The molecule has 2 aromatic carbocycles. The van der Waals surface area contributed by atoms with E-state index in [2.05, 4.69) is 15.2 Å². The van der Waals surface area contributed by atoms with E-state index in [-0.39, 0.29) is 18.8 Å². The third-order valence-electron chi connectivity index (χ3n) is 5.47. The van der Waals surface area contributed by atoms with E-state index >= 15 is 0 Å². The van der Waals surface area contributed by atoms with Crippen LogP contribution < -0.4 is 14.2 Å². The second-order valence-electron chi connectivity index (χ2n) is 7.53. The molecule has 2 aliphatic heterocycles. The van der Waals surface area contributed by atoms with E-state index in [0.29, 0.717) is 41.9 Å². The van der Waals surface area contributed by atoms with Crippen molar-refractivity contribution in [3.8, 4) is 28.6 Å². The molecule has 0 unspecified atom stereocenters. The number of hydrogen-bond acceptors (Lipinski definition) is 6. The van der Waals surface area contributed by atoms with Gasteiger partial charge >= 0.3 is 0 Å². The molecule has 8 nitrogen and oxygen atoms in total. The zero-order valence-corrected chi connectivity index (χ0v) is 16.4. The Morgan fingerprint density at radius 2 is 1.90 bits per heavy atom. The SMILES string of the molecule is O=C(c1cc(-c2ccc3c(c2)OCO3)n[nH]1)N1CC(Oc2ccc3ccccc3n2)C1. The number of rotatable bonds is 4. The van der Waals surface area contributed by atoms with Crippen LogP contribution in [0, 0.1) is 0 Å². The number of hydrogen-bond donors (Lipinski definition) is 1. The number of pyridine rings is 1. The van der Waals surface area contributed by atoms with E-state index in [9.17, 15) is 4.79 Å². The predicted molar refractivity (Wildman–Crippen MR) is 112 cm³/mol. The highest BCUT2D eigenvalue weighted by atomic mass is 16.7. The molecule has 8 heteroatoms. The fourth-order valence-corrected chi connectivity index (χ4v) is 3.77. The summed E-state index contributed by atoms with van der Waals surface area (Å²) in [6.45, 7) is 1.23. The summed E-state index contributed by atoms with van der Waals surface area (Å²) in [4.78, 5) is 19.0. The van der Waals surface area contributed by atoms with Gasteiger partial charge in [-0.15, -0.1) is 0 Å². The highest BCUT2D eigenvalue weighted by molar-refractivity contribution is 5.94. The summed E-state index contributed by atoms with van der Waals surface area (Å²) in [6.07, 6.45) is -0.0751. The van der Waals surface area contributed by atoms with E-state index in [1.807, 2.05) is 54.6 Å². The third-order valence-corrected chi connectivity index (χ3v) is 5.47. The van der Waals surface area contributed by atoms with Crippen LogP contribution in [0.5, 0.6) is 17.4 Å². The van der Waals surface area contributed by atoms with Gasteiger partial charge in [-0.3, -0.25) is 9.89 Å². The maximum atomic E-state index is 12.8. The van der Waals surface area contributed by atoms with Crippen molar-refractivity contribution in [1.82, 2.24) is 20.1 Å². The van der Waals surface area contributed by atoms with Crippen LogP contribution in [0.15, 0.2) is 60.7 Å². The molecule has 1 N–H and O–H groups in total. The number of benzene rings is 2. The van der Waals surface area contributed by atoms with Crippen LogP contribution in [0.4, 0.5) is 0 Å². The Kier molecular flexibility index (Phi) is 4.02. The number of para-hydroxylation sites is 1. The van der Waals surface area contributed by atoms with Gasteiger partial charge < -0.3 is 19.1 Å². The summed E-state index contributed by atoms with van der Waals surface area (Å²) < 4.78 is 16.7. The van der Waals surface area contributed by atoms with E-state index in [0.717, 1.165) is 16.5 Å². The van der Waals surface area contributed by atoms with Crippen LogP contribution in [0.1, 0.15) is 10.5 Å². The molecule has 31 heavy (non-hydrogen) atoms. The first-order valence-corrected chi connectivity index (χ1v) is 10.00. The van der Waals surface area contributed by atoms with Gasteiger partial charge in [0.25, 0.3) is 5.91 Å². The lowest BCUT2D eigenvalue weighted by Crippen LogP contribution is -2.56. The van der Waals surface area contributed by atoms with Crippen LogP contribution in [-0.2, 0) is 0 Å². The van der Waals surface area contributed by atoms with E-state index in [4.69, 9.17) is 14.2 Å². The number of nitrogens with zero attached hydrogens (tertiary/aromatic N) is 3. The van der Waals surface area contributed by atoms with E-state index in [1.54, 1.807) is 11.0 Å². The van der Waals surface area contributed by atoms with Gasteiger partial charge in [0.05, 0.1) is 24.3 Å². The van der Waals surface area contributed by atoms with Gasteiger partial charge in [-0.05, 0) is 36.4 Å². The lowest BCUT2D eigenvalue weighted by Gasteiger charge is -2.38. The Hall–Kier alpha value is -4.07. The van der Waals surface area contributed by atoms with Gasteiger partial charge in [-0.2, -0.15) is 5.10 Å². The normalized spacial score (nSPS) is 15.2. The number of nitrogens with one attached hydrogen (secondary N) is 1. The van der Waals surface area contributed by atoms with Crippen molar-refractivity contribution in [2.24, 2.45) is 0 Å². The summed E-state index contributed by atoms with van der Waals surface area (Å²) in [5.74, 6) is 1.86. The van der Waals surface area contributed by atoms with Crippen molar-refractivity contribution in [2.75, 3.05) is 19.9 Å². The van der Waals surface area contributed by atoms with Crippen LogP contribution >= 0.6 is 0 Å². The average Bonchev–Trinajstić information content (AvgIpc) is 3.44. The Labute approximate surface area is 177 Å². The topological polar surface area (TPSA) is 89.6 Å². The van der Waals surface area contributed by atoms with Gasteiger partial charge in [0.15, 0.2) is 11.5 Å². The number of H-pyrrole nitrogens is 1. The lowest BCUT2D eigenvalue weighted by atomic mass is 10.1. The van der Waals surface area contributed by atoms with Crippen molar-refractivity contribution >= 4 is 16.8 Å². The summed E-state index contributed by atoms with van der Waals surface area (Å²) in [5, 5.41) is 8.19. The highest BCUT2D eigenvalue weighted by Crippen LogP contribution is 2.35. The second-order valence-corrected chi connectivity index (χ2v) is 7.53. The summed E-state index contributed by atoms with van der Waals surface area (Å²) >= 11 is 0. The molecule has 1 fully saturated rings. The molecule has 0 aliphatic carbocycles. The molecule has 4 heterocycles. The van der Waals surface area contributed by atoms with Gasteiger partial charge in [0.2, 0.25) is 12.7 Å². The van der Waals surface area contributed by atoms with Crippen molar-refractivity contribution in [2.45, 2.75) is 6.10 Å². The number of aromatic nitrogens is 3. The molecule has 2 aromatic heterocycles. The van der Waals surface area contributed by atoms with Crippen LogP contribution in [0.25, 0.3) is 22.2 Å². The summed E-state index contributed by atoms with van der Waals surface area (Å²) in [5.41, 5.74) is 2.86. The first-order valence-electron chi connectivity index (χ1n) is 10.00. The number of carbonyl (C=O) groups is 1. The quantitative estimate of drug-likeness (QED) is 0.551. The Bertz CT molecular complexity index is 1300. The van der Waals surface area contributed by atoms with Crippen molar-refractivity contribution in [1.29, 1.82) is 0 Å². The fourth-order valence-electron chi connectivity index (χ4n) is 3.77. The number of aromatic amines is 1. The standard InChI is InChI=1S/C23H18N4O4/c28-23(19-10-18(25-26-19)15-5-7-20-21(9-15)30-13-29-20)27-11-16(12-27)31-22-8-6-14-3-1-2-4-17(14)24-22/h1-10,16H,11-13H2,(H,25,26). The van der Waals surface area contributed by atoms with Gasteiger partial charge in [-0.1, -0.05) is 18.2 Å². The van der Waals surface area contributed by atoms with Crippen molar-refractivity contribution in [3.05, 3.63) is 66.4 Å². The average molecular weight is 414 g/mol. The minimum atomic E-state index is -0.106. The van der Waals surface area contributed by atoms with Crippen molar-refractivity contribution < 1.29 is 19.0 Å². The maximum absolute atomic E-state index is 12.8. The number of likely N-dealkylation sites (tertiary alicyclic amines) is 1. The van der Waals surface area contributed by atoms with E-state index < -0.39 is 0 Å². The predicted octanol–water partition coefficient (Wildman–Crippen LogP) is 3.26. The molecular weight excluding hydrogens is 396 g/mol. The largest absolute Gasteiger partial charge is 0.471 e. The summed E-state index contributed by atoms with van der Waals surface area (Å²) in [6, 6.07) is 19.1. The van der Waals surface area contributed by atoms with Crippen LogP contribution in [-0.4, -0.2) is 52.0 Å². The molecule has 0 bridgehead atoms. The third kappa shape index (κ3) is 3.22.